The maximum atomic E-state index is 10.8. The quantitative estimate of drug-likeness (QED) is 0.409. The number of nitrogens with two attached hydrogens (primary N) is 1. The highest BCUT2D eigenvalue weighted by Crippen LogP contribution is 2.37. The monoisotopic (exact) mass is 364 g/mol. The lowest BCUT2D eigenvalue weighted by molar-refractivity contribution is 0.343. The smallest absolute Gasteiger partial charge is 0.264 e. The maximum absolute atomic E-state index is 10.8. The van der Waals surface area contributed by atoms with Crippen LogP contribution in [-0.4, -0.2) is 31.3 Å². The molecule has 5 nitrogen and oxygen atoms in total. The van der Waals surface area contributed by atoms with Crippen molar-refractivity contribution in [1.82, 2.24) is 5.32 Å². The van der Waals surface area contributed by atoms with Gasteiger partial charge in [-0.2, -0.15) is 8.42 Å². The normalized spacial score (nSPS) is 20.1. The van der Waals surface area contributed by atoms with E-state index in [1.54, 1.807) is 0 Å². The van der Waals surface area contributed by atoms with Crippen molar-refractivity contribution in [2.45, 2.75) is 40.2 Å². The van der Waals surface area contributed by atoms with E-state index in [1.807, 2.05) is 19.1 Å². The number of nitrogen functional groups attached to an aromatic ring is 1. The van der Waals surface area contributed by atoms with Crippen LogP contribution >= 0.6 is 0 Å². The van der Waals surface area contributed by atoms with Crippen LogP contribution in [0.15, 0.2) is 35.9 Å². The zero-order valence-corrected chi connectivity index (χ0v) is 16.2. The Bertz CT molecular complexity index is 808. The van der Waals surface area contributed by atoms with Crippen LogP contribution in [0.25, 0.3) is 5.57 Å². The van der Waals surface area contributed by atoms with Gasteiger partial charge < -0.3 is 11.1 Å². The summed E-state index contributed by atoms with van der Waals surface area (Å²) in [5.74, 6) is -0.221. The summed E-state index contributed by atoms with van der Waals surface area (Å²) < 4.78 is 30.5. The van der Waals surface area contributed by atoms with Crippen LogP contribution in [-0.2, 0) is 10.1 Å². The minimum absolute atomic E-state index is 0.118. The molecule has 1 atom stereocenters. The van der Waals surface area contributed by atoms with E-state index < -0.39 is 10.1 Å². The van der Waals surface area contributed by atoms with E-state index in [1.165, 1.54) is 11.1 Å². The van der Waals surface area contributed by atoms with Gasteiger partial charge in [0.15, 0.2) is 0 Å². The number of rotatable bonds is 6. The summed E-state index contributed by atoms with van der Waals surface area (Å²) in [6.45, 7) is 8.94. The Hall–Kier alpha value is -1.63. The van der Waals surface area contributed by atoms with Crippen LogP contribution in [0.2, 0.25) is 0 Å². The van der Waals surface area contributed by atoms with Gasteiger partial charge in [-0.05, 0) is 55.6 Å². The summed E-state index contributed by atoms with van der Waals surface area (Å²) in [4.78, 5) is 0. The van der Waals surface area contributed by atoms with E-state index in [0.717, 1.165) is 16.8 Å². The zero-order valence-electron chi connectivity index (χ0n) is 15.3. The van der Waals surface area contributed by atoms with Gasteiger partial charge >= 0.3 is 0 Å². The number of anilines is 1. The molecule has 1 unspecified atom stereocenters. The molecule has 0 aliphatic heterocycles. The van der Waals surface area contributed by atoms with Gasteiger partial charge in [-0.3, -0.25) is 4.55 Å². The predicted molar refractivity (Wildman–Crippen MR) is 104 cm³/mol. The van der Waals surface area contributed by atoms with Crippen LogP contribution < -0.4 is 11.1 Å². The fourth-order valence-corrected chi connectivity index (χ4v) is 3.90. The van der Waals surface area contributed by atoms with Crippen molar-refractivity contribution < 1.29 is 13.0 Å². The Morgan fingerprint density at radius 2 is 1.96 bits per heavy atom. The molecule has 0 fully saturated rings. The number of aryl methyl sites for hydroxylation is 1. The SMILES string of the molecule is CC1=CC(c2ccc(N)c(C)c2)=CC(C)(C)C1NCCCS(=O)(=O)O. The van der Waals surface area contributed by atoms with Gasteiger partial charge in [0, 0.05) is 17.1 Å². The Kier molecular flexibility index (Phi) is 5.76. The van der Waals surface area contributed by atoms with E-state index in [9.17, 15) is 8.42 Å². The minimum Gasteiger partial charge on any atom is -0.399 e. The molecule has 0 saturated heterocycles. The van der Waals surface area contributed by atoms with Crippen molar-refractivity contribution >= 4 is 21.4 Å². The molecular formula is C19H28N2O3S. The molecule has 0 amide bonds. The lowest BCUT2D eigenvalue weighted by Gasteiger charge is -2.37. The van der Waals surface area contributed by atoms with E-state index in [-0.39, 0.29) is 17.2 Å². The van der Waals surface area contributed by atoms with Crippen LogP contribution in [0, 0.1) is 12.3 Å². The predicted octanol–water partition coefficient (Wildman–Crippen LogP) is 3.18. The molecule has 2 rings (SSSR count). The van der Waals surface area contributed by atoms with Crippen LogP contribution in [0.1, 0.15) is 38.3 Å². The summed E-state index contributed by atoms with van der Waals surface area (Å²) in [6, 6.07) is 6.18. The topological polar surface area (TPSA) is 92.4 Å². The first-order valence-corrected chi connectivity index (χ1v) is 10.1. The van der Waals surface area contributed by atoms with Crippen molar-refractivity contribution in [1.29, 1.82) is 0 Å². The third kappa shape index (κ3) is 5.17. The number of allylic oxidation sites excluding steroid dienone is 2. The van der Waals surface area contributed by atoms with Gasteiger partial charge in [-0.1, -0.05) is 37.6 Å². The molecule has 0 aromatic heterocycles. The third-order valence-electron chi connectivity index (χ3n) is 4.64. The molecule has 138 valence electrons. The summed E-state index contributed by atoms with van der Waals surface area (Å²) in [6.07, 6.45) is 4.79. The highest BCUT2D eigenvalue weighted by atomic mass is 32.2. The lowest BCUT2D eigenvalue weighted by Crippen LogP contribution is -2.44. The highest BCUT2D eigenvalue weighted by Gasteiger charge is 2.32. The van der Waals surface area contributed by atoms with E-state index in [4.69, 9.17) is 10.3 Å². The lowest BCUT2D eigenvalue weighted by atomic mass is 9.74. The molecule has 25 heavy (non-hydrogen) atoms. The second-order valence-corrected chi connectivity index (χ2v) is 8.98. The minimum atomic E-state index is -3.90. The van der Waals surface area contributed by atoms with Crippen molar-refractivity contribution in [3.05, 3.63) is 47.1 Å². The first kappa shape index (κ1) is 19.7. The molecule has 1 aromatic carbocycles. The van der Waals surface area contributed by atoms with Gasteiger partial charge in [0.2, 0.25) is 0 Å². The van der Waals surface area contributed by atoms with E-state index >= 15 is 0 Å². The maximum Gasteiger partial charge on any atom is 0.264 e. The highest BCUT2D eigenvalue weighted by molar-refractivity contribution is 7.85. The van der Waals surface area contributed by atoms with E-state index in [2.05, 4.69) is 44.3 Å². The van der Waals surface area contributed by atoms with Crippen molar-refractivity contribution in [3.8, 4) is 0 Å². The standard InChI is InChI=1S/C19H28N2O3S/c1-13-10-15(6-7-17(13)20)16-11-14(2)18(19(3,4)12-16)21-8-5-9-25(22,23)24/h6-7,10-12,18,21H,5,8-9,20H2,1-4H3,(H,22,23,24). The molecule has 1 aliphatic rings. The summed E-state index contributed by atoms with van der Waals surface area (Å²) in [7, 11) is -3.90. The average molecular weight is 365 g/mol. The number of benzene rings is 1. The average Bonchev–Trinajstić information content (AvgIpc) is 2.46. The van der Waals surface area contributed by atoms with Crippen molar-refractivity contribution in [2.24, 2.45) is 5.41 Å². The Morgan fingerprint density at radius 1 is 1.28 bits per heavy atom. The van der Waals surface area contributed by atoms with Crippen molar-refractivity contribution in [3.63, 3.8) is 0 Å². The molecule has 6 heteroatoms. The molecule has 1 aromatic rings. The Balaban J connectivity index is 2.14. The first-order chi connectivity index (χ1) is 11.5. The van der Waals surface area contributed by atoms with Crippen LogP contribution in [0.5, 0.6) is 0 Å². The second kappa shape index (κ2) is 7.32. The molecule has 0 bridgehead atoms. The van der Waals surface area contributed by atoms with Crippen LogP contribution in [0.4, 0.5) is 5.69 Å². The largest absolute Gasteiger partial charge is 0.399 e. The number of hydrogen-bond acceptors (Lipinski definition) is 4. The summed E-state index contributed by atoms with van der Waals surface area (Å²) in [5, 5.41) is 3.42. The molecule has 4 N–H and O–H groups in total. The van der Waals surface area contributed by atoms with Gasteiger partial charge in [0.25, 0.3) is 10.1 Å². The summed E-state index contributed by atoms with van der Waals surface area (Å²) >= 11 is 0. The number of hydrogen-bond donors (Lipinski definition) is 3. The molecular weight excluding hydrogens is 336 g/mol. The molecule has 1 aliphatic carbocycles. The zero-order chi connectivity index (χ0) is 18.8. The molecule has 0 radical (unpaired) electrons. The van der Waals surface area contributed by atoms with Gasteiger partial charge in [0.05, 0.1) is 5.75 Å². The summed E-state index contributed by atoms with van der Waals surface area (Å²) in [5.41, 5.74) is 11.2. The molecule has 0 heterocycles. The second-order valence-electron chi connectivity index (χ2n) is 7.41. The van der Waals surface area contributed by atoms with E-state index in [0.29, 0.717) is 13.0 Å². The fourth-order valence-electron chi connectivity index (χ4n) is 3.39. The first-order valence-electron chi connectivity index (χ1n) is 8.46. The molecule has 0 spiro atoms. The van der Waals surface area contributed by atoms with Crippen LogP contribution in [0.3, 0.4) is 0 Å². The van der Waals surface area contributed by atoms with Gasteiger partial charge in [0.1, 0.15) is 0 Å². The van der Waals surface area contributed by atoms with Gasteiger partial charge in [-0.15, -0.1) is 0 Å². The third-order valence-corrected chi connectivity index (χ3v) is 5.45. The Morgan fingerprint density at radius 3 is 2.52 bits per heavy atom. The fraction of sp³-hybridized carbons (Fsp3) is 0.474. The molecule has 0 saturated carbocycles. The Labute approximate surface area is 150 Å². The van der Waals surface area contributed by atoms with Gasteiger partial charge in [-0.25, -0.2) is 0 Å². The van der Waals surface area contributed by atoms with Crippen molar-refractivity contribution in [2.75, 3.05) is 18.0 Å². The number of nitrogens with one attached hydrogen (secondary N) is 1.